The maximum absolute atomic E-state index is 11.8. The number of benzene rings is 1. The van der Waals surface area contributed by atoms with Crippen molar-refractivity contribution in [3.63, 3.8) is 0 Å². The second-order valence-electron chi connectivity index (χ2n) is 4.40. The van der Waals surface area contributed by atoms with E-state index in [1.165, 1.54) is 14.0 Å². The van der Waals surface area contributed by atoms with Gasteiger partial charge in [0, 0.05) is 12.1 Å². The topological polar surface area (TPSA) is 84.9 Å². The van der Waals surface area contributed by atoms with E-state index in [4.69, 9.17) is 14.6 Å². The number of carbonyl (C=O) groups excluding carboxylic acids is 1. The Hall–Kier alpha value is -2.24. The predicted molar refractivity (Wildman–Crippen MR) is 73.1 cm³/mol. The van der Waals surface area contributed by atoms with Crippen LogP contribution in [0.25, 0.3) is 0 Å². The van der Waals surface area contributed by atoms with Crippen LogP contribution in [-0.2, 0) is 16.0 Å². The molecule has 1 unspecified atom stereocenters. The molecule has 2 N–H and O–H groups in total. The number of carbonyl (C=O) groups is 2. The van der Waals surface area contributed by atoms with Crippen LogP contribution < -0.4 is 14.8 Å². The highest BCUT2D eigenvalue weighted by molar-refractivity contribution is 5.80. The molecule has 110 valence electrons. The smallest absolute Gasteiger partial charge is 0.308 e. The highest BCUT2D eigenvalue weighted by Gasteiger charge is 2.14. The van der Waals surface area contributed by atoms with E-state index in [1.807, 2.05) is 0 Å². The summed E-state index contributed by atoms with van der Waals surface area (Å²) in [5.74, 6) is -0.597. The maximum Gasteiger partial charge on any atom is 0.308 e. The molecular weight excluding hydrogens is 262 g/mol. The quantitative estimate of drug-likeness (QED) is 0.781. The molecule has 0 heterocycles. The molecular formula is C14H19NO5. The van der Waals surface area contributed by atoms with Gasteiger partial charge in [-0.3, -0.25) is 9.59 Å². The van der Waals surface area contributed by atoms with E-state index in [1.54, 1.807) is 25.3 Å². The molecule has 0 fully saturated rings. The Labute approximate surface area is 117 Å². The van der Waals surface area contributed by atoms with Crippen LogP contribution in [0.5, 0.6) is 11.5 Å². The number of methoxy groups -OCH3 is 2. The predicted octanol–water partition coefficient (Wildman–Crippen LogP) is 1.08. The van der Waals surface area contributed by atoms with Crippen molar-refractivity contribution in [3.8, 4) is 11.5 Å². The standard InChI is InChI=1S/C14H19NO5/c1-9(14(17)18)8-15-13(16)7-10-6-11(19-2)4-5-12(10)20-3/h4-6,9H,7-8H2,1-3H3,(H,15,16)(H,17,18). The molecule has 0 saturated carbocycles. The molecule has 6 heteroatoms. The lowest BCUT2D eigenvalue weighted by Crippen LogP contribution is -2.32. The fourth-order valence-electron chi connectivity index (χ4n) is 1.61. The van der Waals surface area contributed by atoms with E-state index in [2.05, 4.69) is 5.32 Å². The fraction of sp³-hybridized carbons (Fsp3) is 0.429. The van der Waals surface area contributed by atoms with Crippen molar-refractivity contribution in [2.45, 2.75) is 13.3 Å². The summed E-state index contributed by atoms with van der Waals surface area (Å²) in [6.45, 7) is 1.63. The van der Waals surface area contributed by atoms with Crippen molar-refractivity contribution in [1.29, 1.82) is 0 Å². The number of amides is 1. The molecule has 6 nitrogen and oxygen atoms in total. The molecule has 0 aliphatic heterocycles. The van der Waals surface area contributed by atoms with Crippen LogP contribution >= 0.6 is 0 Å². The van der Waals surface area contributed by atoms with Crippen molar-refractivity contribution in [3.05, 3.63) is 23.8 Å². The van der Waals surface area contributed by atoms with Gasteiger partial charge in [0.1, 0.15) is 11.5 Å². The van der Waals surface area contributed by atoms with Gasteiger partial charge in [0.05, 0.1) is 26.6 Å². The number of rotatable bonds is 7. The van der Waals surface area contributed by atoms with Gasteiger partial charge in [-0.05, 0) is 18.2 Å². The number of carboxylic acid groups (broad SMARTS) is 1. The van der Waals surface area contributed by atoms with Crippen LogP contribution in [0.4, 0.5) is 0 Å². The van der Waals surface area contributed by atoms with Crippen LogP contribution in [0.15, 0.2) is 18.2 Å². The van der Waals surface area contributed by atoms with Gasteiger partial charge < -0.3 is 19.9 Å². The first-order chi connectivity index (χ1) is 9.47. The van der Waals surface area contributed by atoms with Crippen molar-refractivity contribution >= 4 is 11.9 Å². The van der Waals surface area contributed by atoms with E-state index < -0.39 is 11.9 Å². The van der Waals surface area contributed by atoms with Gasteiger partial charge >= 0.3 is 5.97 Å². The third kappa shape index (κ3) is 4.46. The Morgan fingerprint density at radius 3 is 2.55 bits per heavy atom. The molecule has 0 aliphatic carbocycles. The Bertz CT molecular complexity index is 486. The van der Waals surface area contributed by atoms with E-state index >= 15 is 0 Å². The van der Waals surface area contributed by atoms with Gasteiger partial charge in [0.2, 0.25) is 5.91 Å². The first-order valence-corrected chi connectivity index (χ1v) is 6.18. The highest BCUT2D eigenvalue weighted by atomic mass is 16.5. The summed E-state index contributed by atoms with van der Waals surface area (Å²) < 4.78 is 10.3. The zero-order valence-electron chi connectivity index (χ0n) is 11.8. The Morgan fingerprint density at radius 1 is 1.30 bits per heavy atom. The van der Waals surface area contributed by atoms with Gasteiger partial charge in [-0.1, -0.05) is 6.92 Å². The summed E-state index contributed by atoms with van der Waals surface area (Å²) in [5, 5.41) is 11.3. The first-order valence-electron chi connectivity index (χ1n) is 6.18. The molecule has 0 spiro atoms. The van der Waals surface area contributed by atoms with Gasteiger partial charge in [-0.15, -0.1) is 0 Å². The summed E-state index contributed by atoms with van der Waals surface area (Å²) in [6, 6.07) is 5.19. The largest absolute Gasteiger partial charge is 0.497 e. The number of carboxylic acids is 1. The first kappa shape index (κ1) is 15.8. The van der Waals surface area contributed by atoms with E-state index in [9.17, 15) is 9.59 Å². The van der Waals surface area contributed by atoms with Crippen molar-refractivity contribution in [2.24, 2.45) is 5.92 Å². The molecule has 1 amide bonds. The van der Waals surface area contributed by atoms with Crippen LogP contribution in [0.3, 0.4) is 0 Å². The monoisotopic (exact) mass is 281 g/mol. The minimum absolute atomic E-state index is 0.0977. The molecule has 0 bridgehead atoms. The SMILES string of the molecule is COc1ccc(OC)c(CC(=O)NCC(C)C(=O)O)c1. The third-order valence-electron chi connectivity index (χ3n) is 2.87. The minimum Gasteiger partial charge on any atom is -0.497 e. The van der Waals surface area contributed by atoms with Gasteiger partial charge in [-0.2, -0.15) is 0 Å². The van der Waals surface area contributed by atoms with E-state index in [0.29, 0.717) is 17.1 Å². The molecule has 1 aromatic rings. The normalized spacial score (nSPS) is 11.6. The van der Waals surface area contributed by atoms with Crippen molar-refractivity contribution < 1.29 is 24.2 Å². The average molecular weight is 281 g/mol. The Kier molecular flexibility index (Phi) is 5.83. The number of aliphatic carboxylic acids is 1. The van der Waals surface area contributed by atoms with Crippen LogP contribution in [0, 0.1) is 5.92 Å². The van der Waals surface area contributed by atoms with Gasteiger partial charge in [0.15, 0.2) is 0 Å². The molecule has 1 atom stereocenters. The van der Waals surface area contributed by atoms with Gasteiger partial charge in [0.25, 0.3) is 0 Å². The summed E-state index contributed by atoms with van der Waals surface area (Å²) in [4.78, 5) is 22.5. The number of nitrogens with one attached hydrogen (secondary N) is 1. The molecule has 0 aromatic heterocycles. The fourth-order valence-corrected chi connectivity index (χ4v) is 1.61. The number of hydrogen-bond acceptors (Lipinski definition) is 4. The number of ether oxygens (including phenoxy) is 2. The zero-order chi connectivity index (χ0) is 15.1. The van der Waals surface area contributed by atoms with Crippen LogP contribution in [-0.4, -0.2) is 37.7 Å². The molecule has 0 radical (unpaired) electrons. The lowest BCUT2D eigenvalue weighted by molar-refractivity contribution is -0.141. The lowest BCUT2D eigenvalue weighted by Gasteiger charge is -2.12. The Morgan fingerprint density at radius 2 is 2.00 bits per heavy atom. The van der Waals surface area contributed by atoms with Crippen LogP contribution in [0.2, 0.25) is 0 Å². The summed E-state index contributed by atoms with van der Waals surface area (Å²) in [7, 11) is 3.07. The molecule has 0 saturated heterocycles. The second-order valence-corrected chi connectivity index (χ2v) is 4.40. The van der Waals surface area contributed by atoms with Crippen molar-refractivity contribution in [1.82, 2.24) is 5.32 Å². The maximum atomic E-state index is 11.8. The molecule has 1 rings (SSSR count). The second kappa shape index (κ2) is 7.37. The van der Waals surface area contributed by atoms with E-state index in [-0.39, 0.29) is 18.9 Å². The number of hydrogen-bond donors (Lipinski definition) is 2. The summed E-state index contributed by atoms with van der Waals surface area (Å²) >= 11 is 0. The molecule has 1 aromatic carbocycles. The minimum atomic E-state index is -0.940. The lowest BCUT2D eigenvalue weighted by atomic mass is 10.1. The summed E-state index contributed by atoms with van der Waals surface area (Å²) in [6.07, 6.45) is 0.104. The van der Waals surface area contributed by atoms with Gasteiger partial charge in [-0.25, -0.2) is 0 Å². The molecule has 0 aliphatic rings. The average Bonchev–Trinajstić information content (AvgIpc) is 2.44. The van der Waals surface area contributed by atoms with Crippen molar-refractivity contribution in [2.75, 3.05) is 20.8 Å². The summed E-state index contributed by atoms with van der Waals surface area (Å²) in [5.41, 5.74) is 0.687. The van der Waals surface area contributed by atoms with E-state index in [0.717, 1.165) is 0 Å². The Balaban J connectivity index is 2.67. The zero-order valence-corrected chi connectivity index (χ0v) is 11.8. The molecule has 20 heavy (non-hydrogen) atoms. The third-order valence-corrected chi connectivity index (χ3v) is 2.87. The van der Waals surface area contributed by atoms with Crippen LogP contribution in [0.1, 0.15) is 12.5 Å². The highest BCUT2D eigenvalue weighted by Crippen LogP contribution is 2.24.